The van der Waals surface area contributed by atoms with Crippen LogP contribution in [0.4, 0.5) is 0 Å². The number of nitrogens with one attached hydrogen (secondary N) is 1. The lowest BCUT2D eigenvalue weighted by atomic mass is 9.60. The van der Waals surface area contributed by atoms with E-state index in [9.17, 15) is 0 Å². The average Bonchev–Trinajstić information content (AvgIpc) is 2.79. The number of rotatable bonds is 5. The average molecular weight is 251 g/mol. The van der Waals surface area contributed by atoms with Gasteiger partial charge in [-0.25, -0.2) is 0 Å². The van der Waals surface area contributed by atoms with Gasteiger partial charge in [0.15, 0.2) is 0 Å². The molecule has 1 spiro atoms. The molecule has 3 unspecified atom stereocenters. The predicted octanol–water partition coefficient (Wildman–Crippen LogP) is 3.36. The summed E-state index contributed by atoms with van der Waals surface area (Å²) in [6.45, 7) is 9.05. The van der Waals surface area contributed by atoms with Crippen molar-refractivity contribution in [2.45, 2.75) is 71.4 Å². The number of hydrogen-bond donors (Lipinski definition) is 1. The van der Waals surface area contributed by atoms with E-state index in [0.717, 1.165) is 18.6 Å². The van der Waals surface area contributed by atoms with E-state index in [1.165, 1.54) is 45.1 Å². The summed E-state index contributed by atoms with van der Waals surface area (Å²) in [6.07, 6.45) is 8.82. The highest BCUT2D eigenvalue weighted by molar-refractivity contribution is 5.10. The second kappa shape index (κ2) is 4.49. The molecule has 3 aliphatic rings. The Morgan fingerprint density at radius 3 is 2.44 bits per heavy atom. The maximum absolute atomic E-state index is 5.97. The fraction of sp³-hybridized carbons (Fsp3) is 1.00. The molecule has 1 N–H and O–H groups in total. The molecule has 0 saturated heterocycles. The molecule has 3 aliphatic carbocycles. The molecule has 104 valence electrons. The lowest BCUT2D eigenvalue weighted by Crippen LogP contribution is -2.63. The molecule has 3 atom stereocenters. The third-order valence-corrected chi connectivity index (χ3v) is 6.02. The van der Waals surface area contributed by atoms with E-state index < -0.39 is 0 Å². The zero-order valence-electron chi connectivity index (χ0n) is 12.3. The maximum Gasteiger partial charge on any atom is 0.0661 e. The molecule has 0 bridgehead atoms. The fourth-order valence-corrected chi connectivity index (χ4v) is 4.38. The Hall–Kier alpha value is -0.0800. The molecular formula is C16H29NO. The number of hydrogen-bond acceptors (Lipinski definition) is 2. The molecule has 3 saturated carbocycles. The van der Waals surface area contributed by atoms with Gasteiger partial charge < -0.3 is 10.1 Å². The minimum Gasteiger partial charge on any atom is -0.378 e. The topological polar surface area (TPSA) is 21.3 Å². The lowest BCUT2D eigenvalue weighted by Gasteiger charge is -2.54. The quantitative estimate of drug-likeness (QED) is 0.809. The molecule has 18 heavy (non-hydrogen) atoms. The second-order valence-electron chi connectivity index (χ2n) is 7.47. The van der Waals surface area contributed by atoms with Crippen molar-refractivity contribution in [1.82, 2.24) is 5.32 Å². The van der Waals surface area contributed by atoms with Crippen molar-refractivity contribution in [2.24, 2.45) is 16.7 Å². The smallest absolute Gasteiger partial charge is 0.0661 e. The van der Waals surface area contributed by atoms with E-state index in [2.05, 4.69) is 26.1 Å². The number of ether oxygens (including phenoxy) is 1. The van der Waals surface area contributed by atoms with Gasteiger partial charge in [-0.05, 0) is 50.5 Å². The monoisotopic (exact) mass is 251 g/mol. The van der Waals surface area contributed by atoms with Crippen LogP contribution in [0, 0.1) is 16.7 Å². The van der Waals surface area contributed by atoms with Crippen molar-refractivity contribution in [3.8, 4) is 0 Å². The van der Waals surface area contributed by atoms with E-state index >= 15 is 0 Å². The Kier molecular flexibility index (Phi) is 3.22. The SMILES string of the molecule is CCOC1CC(NCC2CC2(C)C)C12CCCC2. The Morgan fingerprint density at radius 1 is 1.22 bits per heavy atom. The Labute approximate surface area is 112 Å². The van der Waals surface area contributed by atoms with Gasteiger partial charge in [-0.3, -0.25) is 0 Å². The van der Waals surface area contributed by atoms with Crippen molar-refractivity contribution in [3.63, 3.8) is 0 Å². The van der Waals surface area contributed by atoms with Gasteiger partial charge >= 0.3 is 0 Å². The Bertz CT molecular complexity index is 306. The Balaban J connectivity index is 1.53. The molecule has 3 rings (SSSR count). The summed E-state index contributed by atoms with van der Waals surface area (Å²) in [4.78, 5) is 0. The van der Waals surface area contributed by atoms with Crippen LogP contribution in [0.25, 0.3) is 0 Å². The molecule has 3 fully saturated rings. The first-order valence-corrected chi connectivity index (χ1v) is 7.93. The van der Waals surface area contributed by atoms with Crippen LogP contribution in [0.2, 0.25) is 0 Å². The standard InChI is InChI=1S/C16H29NO/c1-4-18-14-9-13(16(14)7-5-6-8-16)17-11-12-10-15(12,2)3/h12-14,17H,4-11H2,1-3H3. The van der Waals surface area contributed by atoms with Crippen LogP contribution >= 0.6 is 0 Å². The van der Waals surface area contributed by atoms with E-state index in [1.807, 2.05) is 0 Å². The van der Waals surface area contributed by atoms with Gasteiger partial charge in [-0.15, -0.1) is 0 Å². The summed E-state index contributed by atoms with van der Waals surface area (Å²) in [5.74, 6) is 0.919. The fourth-order valence-electron chi connectivity index (χ4n) is 4.38. The molecule has 2 heteroatoms. The van der Waals surface area contributed by atoms with Crippen molar-refractivity contribution in [1.29, 1.82) is 0 Å². The van der Waals surface area contributed by atoms with Crippen LogP contribution in [0.5, 0.6) is 0 Å². The molecular weight excluding hydrogens is 222 g/mol. The highest BCUT2D eigenvalue weighted by Gasteiger charge is 2.57. The van der Waals surface area contributed by atoms with Crippen LogP contribution in [-0.2, 0) is 4.74 Å². The van der Waals surface area contributed by atoms with Crippen LogP contribution in [-0.4, -0.2) is 25.3 Å². The molecule has 0 heterocycles. The van der Waals surface area contributed by atoms with Crippen molar-refractivity contribution >= 4 is 0 Å². The van der Waals surface area contributed by atoms with Gasteiger partial charge in [0.25, 0.3) is 0 Å². The summed E-state index contributed by atoms with van der Waals surface area (Å²) >= 11 is 0. The van der Waals surface area contributed by atoms with Gasteiger partial charge in [-0.2, -0.15) is 0 Å². The van der Waals surface area contributed by atoms with E-state index in [0.29, 0.717) is 16.9 Å². The van der Waals surface area contributed by atoms with E-state index in [-0.39, 0.29) is 0 Å². The predicted molar refractivity (Wildman–Crippen MR) is 74.6 cm³/mol. The first-order valence-electron chi connectivity index (χ1n) is 7.93. The third kappa shape index (κ3) is 2.02. The zero-order valence-corrected chi connectivity index (χ0v) is 12.3. The summed E-state index contributed by atoms with van der Waals surface area (Å²) in [6, 6.07) is 0.743. The first kappa shape index (κ1) is 12.9. The van der Waals surface area contributed by atoms with Gasteiger partial charge in [0.05, 0.1) is 6.10 Å². The molecule has 0 aliphatic heterocycles. The molecule has 0 aromatic rings. The van der Waals surface area contributed by atoms with Crippen molar-refractivity contribution in [2.75, 3.05) is 13.2 Å². The van der Waals surface area contributed by atoms with E-state index in [1.54, 1.807) is 0 Å². The Morgan fingerprint density at radius 2 is 1.89 bits per heavy atom. The molecule has 0 amide bonds. The van der Waals surface area contributed by atoms with Gasteiger partial charge in [0.2, 0.25) is 0 Å². The maximum atomic E-state index is 5.97. The van der Waals surface area contributed by atoms with Crippen LogP contribution < -0.4 is 5.32 Å². The minimum absolute atomic E-state index is 0.509. The van der Waals surface area contributed by atoms with Crippen molar-refractivity contribution in [3.05, 3.63) is 0 Å². The first-order chi connectivity index (χ1) is 8.58. The van der Waals surface area contributed by atoms with Crippen molar-refractivity contribution < 1.29 is 4.74 Å². The molecule has 2 nitrogen and oxygen atoms in total. The van der Waals surface area contributed by atoms with Crippen LogP contribution in [0.3, 0.4) is 0 Å². The highest BCUT2D eigenvalue weighted by Crippen LogP contribution is 2.56. The van der Waals surface area contributed by atoms with Gasteiger partial charge in [0, 0.05) is 18.1 Å². The van der Waals surface area contributed by atoms with E-state index in [4.69, 9.17) is 4.74 Å². The summed E-state index contributed by atoms with van der Waals surface area (Å²) in [7, 11) is 0. The summed E-state index contributed by atoms with van der Waals surface area (Å²) in [5, 5.41) is 3.88. The minimum atomic E-state index is 0.509. The lowest BCUT2D eigenvalue weighted by molar-refractivity contribution is -0.130. The highest BCUT2D eigenvalue weighted by atomic mass is 16.5. The van der Waals surface area contributed by atoms with Gasteiger partial charge in [-0.1, -0.05) is 26.7 Å². The van der Waals surface area contributed by atoms with Crippen LogP contribution in [0.1, 0.15) is 59.3 Å². The molecule has 0 radical (unpaired) electrons. The summed E-state index contributed by atoms with van der Waals surface area (Å²) in [5.41, 5.74) is 1.12. The normalized spacial score (nSPS) is 39.8. The van der Waals surface area contributed by atoms with Crippen LogP contribution in [0.15, 0.2) is 0 Å². The van der Waals surface area contributed by atoms with Gasteiger partial charge in [0.1, 0.15) is 0 Å². The second-order valence-corrected chi connectivity index (χ2v) is 7.47. The largest absolute Gasteiger partial charge is 0.378 e. The third-order valence-electron chi connectivity index (χ3n) is 6.02. The summed E-state index contributed by atoms with van der Waals surface area (Å²) < 4.78 is 5.97. The zero-order chi connectivity index (χ0) is 12.8. The molecule has 0 aromatic carbocycles. The molecule has 0 aromatic heterocycles.